The predicted octanol–water partition coefficient (Wildman–Crippen LogP) is 1.77. The van der Waals surface area contributed by atoms with E-state index in [0.717, 1.165) is 10.6 Å². The minimum absolute atomic E-state index is 0.0901. The van der Waals surface area contributed by atoms with Crippen LogP contribution >= 0.6 is 11.3 Å². The molecule has 1 aromatic carbocycles. The Morgan fingerprint density at radius 3 is 2.76 bits per heavy atom. The smallest absolute Gasteiger partial charge is 0.410 e. The zero-order chi connectivity index (χ0) is 14.7. The summed E-state index contributed by atoms with van der Waals surface area (Å²) in [7, 11) is 0. The maximum atomic E-state index is 11.9. The molecule has 2 aromatic rings. The van der Waals surface area contributed by atoms with E-state index in [-0.39, 0.29) is 25.2 Å². The number of carbonyl (C=O) groups excluding carboxylic acids is 1. The molecule has 1 fully saturated rings. The van der Waals surface area contributed by atoms with E-state index >= 15 is 0 Å². The molecular formula is C14H15N3O3S. The molecule has 2 heterocycles. The fourth-order valence-electron chi connectivity index (χ4n) is 2.09. The number of carbonyl (C=O) groups is 1. The summed E-state index contributed by atoms with van der Waals surface area (Å²) in [6.07, 6.45) is -0.304. The molecule has 0 saturated carbocycles. The SMILES string of the molecule is O=C(OCc1ccccc1)N1CC(c2nnc(CO)s2)C1. The number of nitrogens with zero attached hydrogens (tertiary/aromatic N) is 3. The Hall–Kier alpha value is -1.99. The molecule has 1 aliphatic rings. The molecule has 0 spiro atoms. The number of hydrogen-bond acceptors (Lipinski definition) is 6. The fraction of sp³-hybridized carbons (Fsp3) is 0.357. The average molecular weight is 305 g/mol. The van der Waals surface area contributed by atoms with Crippen LogP contribution in [0, 0.1) is 0 Å². The maximum absolute atomic E-state index is 11.9. The van der Waals surface area contributed by atoms with Crippen LogP contribution in [-0.2, 0) is 18.0 Å². The summed E-state index contributed by atoms with van der Waals surface area (Å²) in [4.78, 5) is 13.5. The highest BCUT2D eigenvalue weighted by molar-refractivity contribution is 7.11. The van der Waals surface area contributed by atoms with Gasteiger partial charge in [0.05, 0.1) is 6.61 Å². The zero-order valence-corrected chi connectivity index (χ0v) is 12.1. The third-order valence-electron chi connectivity index (χ3n) is 3.31. The number of rotatable bonds is 4. The van der Waals surface area contributed by atoms with Crippen LogP contribution in [0.2, 0.25) is 0 Å². The van der Waals surface area contributed by atoms with E-state index in [9.17, 15) is 4.79 Å². The second-order valence-electron chi connectivity index (χ2n) is 4.83. The van der Waals surface area contributed by atoms with Crippen molar-refractivity contribution in [3.8, 4) is 0 Å². The molecule has 1 saturated heterocycles. The number of amides is 1. The number of benzene rings is 1. The van der Waals surface area contributed by atoms with Crippen LogP contribution in [0.5, 0.6) is 0 Å². The molecule has 0 aliphatic carbocycles. The molecule has 0 atom stereocenters. The molecular weight excluding hydrogens is 290 g/mol. The van der Waals surface area contributed by atoms with Gasteiger partial charge < -0.3 is 14.7 Å². The lowest BCUT2D eigenvalue weighted by Gasteiger charge is -2.36. The Bertz CT molecular complexity index is 611. The van der Waals surface area contributed by atoms with E-state index in [4.69, 9.17) is 9.84 Å². The number of ether oxygens (including phenoxy) is 1. The number of aromatic nitrogens is 2. The highest BCUT2D eigenvalue weighted by Gasteiger charge is 2.35. The van der Waals surface area contributed by atoms with E-state index in [2.05, 4.69) is 10.2 Å². The lowest BCUT2D eigenvalue weighted by atomic mass is 10.0. The molecule has 110 valence electrons. The van der Waals surface area contributed by atoms with E-state index in [1.165, 1.54) is 11.3 Å². The molecule has 0 unspecified atom stereocenters. The van der Waals surface area contributed by atoms with Gasteiger partial charge in [-0.05, 0) is 5.56 Å². The average Bonchev–Trinajstić information content (AvgIpc) is 2.93. The van der Waals surface area contributed by atoms with Crippen molar-refractivity contribution in [2.75, 3.05) is 13.1 Å². The third kappa shape index (κ3) is 3.20. The molecule has 7 heteroatoms. The monoisotopic (exact) mass is 305 g/mol. The summed E-state index contributed by atoms with van der Waals surface area (Å²) in [5.41, 5.74) is 0.972. The summed E-state index contributed by atoms with van der Waals surface area (Å²) in [6.45, 7) is 1.38. The van der Waals surface area contributed by atoms with E-state index in [1.54, 1.807) is 4.90 Å². The predicted molar refractivity (Wildman–Crippen MR) is 76.8 cm³/mol. The van der Waals surface area contributed by atoms with Crippen molar-refractivity contribution in [3.05, 3.63) is 45.9 Å². The van der Waals surface area contributed by atoms with Crippen molar-refractivity contribution < 1.29 is 14.6 Å². The normalized spacial score (nSPS) is 14.8. The number of likely N-dealkylation sites (tertiary alicyclic amines) is 1. The molecule has 1 N–H and O–H groups in total. The summed E-state index contributed by atoms with van der Waals surface area (Å²) in [5, 5.41) is 18.3. The Balaban J connectivity index is 1.46. The Labute approximate surface area is 126 Å². The third-order valence-corrected chi connectivity index (χ3v) is 4.38. The standard InChI is InChI=1S/C14H15N3O3S/c18-8-12-15-16-13(21-12)11-6-17(7-11)14(19)20-9-10-4-2-1-3-5-10/h1-5,11,18H,6-9H2. The van der Waals surface area contributed by atoms with Crippen LogP contribution in [0.25, 0.3) is 0 Å². The lowest BCUT2D eigenvalue weighted by Crippen LogP contribution is -2.48. The topological polar surface area (TPSA) is 75.5 Å². The minimum Gasteiger partial charge on any atom is -0.445 e. The Kier molecular flexibility index (Phi) is 4.12. The number of aliphatic hydroxyl groups excluding tert-OH is 1. The minimum atomic E-state index is -0.304. The van der Waals surface area contributed by atoms with Gasteiger partial charge in [0, 0.05) is 19.0 Å². The number of hydrogen-bond donors (Lipinski definition) is 1. The van der Waals surface area contributed by atoms with Gasteiger partial charge >= 0.3 is 6.09 Å². The van der Waals surface area contributed by atoms with Gasteiger partial charge in [-0.2, -0.15) is 0 Å². The van der Waals surface area contributed by atoms with Crippen LogP contribution in [0.1, 0.15) is 21.5 Å². The second kappa shape index (κ2) is 6.19. The first-order valence-electron chi connectivity index (χ1n) is 6.65. The first kappa shape index (κ1) is 14.0. The summed E-state index contributed by atoms with van der Waals surface area (Å²) >= 11 is 1.39. The summed E-state index contributed by atoms with van der Waals surface area (Å²) in [6, 6.07) is 9.59. The first-order chi connectivity index (χ1) is 10.3. The quantitative estimate of drug-likeness (QED) is 0.931. The van der Waals surface area contributed by atoms with Gasteiger partial charge in [-0.3, -0.25) is 0 Å². The zero-order valence-electron chi connectivity index (χ0n) is 11.3. The van der Waals surface area contributed by atoms with Crippen LogP contribution in [0.15, 0.2) is 30.3 Å². The van der Waals surface area contributed by atoms with Gasteiger partial charge in [-0.15, -0.1) is 10.2 Å². The van der Waals surface area contributed by atoms with Gasteiger partial charge in [-0.25, -0.2) is 4.79 Å². The van der Waals surface area contributed by atoms with E-state index in [0.29, 0.717) is 18.1 Å². The molecule has 0 radical (unpaired) electrons. The molecule has 6 nitrogen and oxygen atoms in total. The van der Waals surface area contributed by atoms with Crippen molar-refractivity contribution in [2.45, 2.75) is 19.1 Å². The van der Waals surface area contributed by atoms with E-state index < -0.39 is 0 Å². The van der Waals surface area contributed by atoms with Crippen molar-refractivity contribution in [2.24, 2.45) is 0 Å². The second-order valence-corrected chi connectivity index (χ2v) is 5.93. The van der Waals surface area contributed by atoms with Gasteiger partial charge in [0.1, 0.15) is 16.6 Å². The highest BCUT2D eigenvalue weighted by atomic mass is 32.1. The lowest BCUT2D eigenvalue weighted by molar-refractivity contribution is 0.0662. The highest BCUT2D eigenvalue weighted by Crippen LogP contribution is 2.29. The van der Waals surface area contributed by atoms with Crippen molar-refractivity contribution in [1.29, 1.82) is 0 Å². The summed E-state index contributed by atoms with van der Waals surface area (Å²) in [5.74, 6) is 0.201. The molecule has 1 aromatic heterocycles. The molecule has 1 aliphatic heterocycles. The summed E-state index contributed by atoms with van der Waals surface area (Å²) < 4.78 is 5.26. The van der Waals surface area contributed by atoms with Gasteiger partial charge in [0.25, 0.3) is 0 Å². The number of aliphatic hydroxyl groups is 1. The van der Waals surface area contributed by atoms with Crippen LogP contribution in [-0.4, -0.2) is 39.4 Å². The first-order valence-corrected chi connectivity index (χ1v) is 7.46. The fourth-order valence-corrected chi connectivity index (χ4v) is 2.87. The van der Waals surface area contributed by atoms with Gasteiger partial charge in [0.2, 0.25) is 0 Å². The van der Waals surface area contributed by atoms with Crippen molar-refractivity contribution in [3.63, 3.8) is 0 Å². The van der Waals surface area contributed by atoms with E-state index in [1.807, 2.05) is 30.3 Å². The van der Waals surface area contributed by atoms with Crippen LogP contribution < -0.4 is 0 Å². The molecule has 21 heavy (non-hydrogen) atoms. The molecule has 3 rings (SSSR count). The van der Waals surface area contributed by atoms with Crippen LogP contribution in [0.3, 0.4) is 0 Å². The maximum Gasteiger partial charge on any atom is 0.410 e. The molecule has 1 amide bonds. The van der Waals surface area contributed by atoms with Gasteiger partial charge in [0.15, 0.2) is 0 Å². The largest absolute Gasteiger partial charge is 0.445 e. The van der Waals surface area contributed by atoms with Crippen molar-refractivity contribution >= 4 is 17.4 Å². The molecule has 0 bridgehead atoms. The Morgan fingerprint density at radius 2 is 2.10 bits per heavy atom. The van der Waals surface area contributed by atoms with Crippen molar-refractivity contribution in [1.82, 2.24) is 15.1 Å². The Morgan fingerprint density at radius 1 is 1.33 bits per heavy atom. The van der Waals surface area contributed by atoms with Crippen LogP contribution in [0.4, 0.5) is 4.79 Å². The van der Waals surface area contributed by atoms with Gasteiger partial charge in [-0.1, -0.05) is 41.7 Å².